The van der Waals surface area contributed by atoms with Gasteiger partial charge in [0.15, 0.2) is 5.78 Å². The quantitative estimate of drug-likeness (QED) is 0.632. The van der Waals surface area contributed by atoms with Crippen molar-refractivity contribution in [3.63, 3.8) is 0 Å². The third-order valence-electron chi connectivity index (χ3n) is 2.22. The second-order valence-corrected chi connectivity index (χ2v) is 3.17. The van der Waals surface area contributed by atoms with Crippen LogP contribution in [-0.2, 0) is 9.53 Å². The first-order chi connectivity index (χ1) is 6.17. The predicted octanol–water partition coefficient (Wildman–Crippen LogP) is 1.92. The number of ether oxygens (including phenoxy) is 1. The molecule has 0 aliphatic carbocycles. The minimum absolute atomic E-state index is 0.0402. The molecule has 0 aromatic rings. The molecule has 13 heavy (non-hydrogen) atoms. The second-order valence-electron chi connectivity index (χ2n) is 3.17. The maximum absolute atomic E-state index is 11.5. The van der Waals surface area contributed by atoms with Gasteiger partial charge in [0, 0.05) is 20.0 Å². The molecule has 0 N–H and O–H groups in total. The van der Waals surface area contributed by atoms with E-state index in [0.717, 1.165) is 6.42 Å². The molecule has 0 aromatic heterocycles. The highest BCUT2D eigenvalue weighted by molar-refractivity contribution is 5.83. The highest BCUT2D eigenvalue weighted by Gasteiger charge is 2.22. The van der Waals surface area contributed by atoms with Crippen LogP contribution in [0, 0.1) is 17.2 Å². The van der Waals surface area contributed by atoms with Gasteiger partial charge in [0.05, 0.1) is 6.07 Å². The Kier molecular flexibility index (Phi) is 6.17. The van der Waals surface area contributed by atoms with E-state index < -0.39 is 0 Å². The molecule has 0 saturated heterocycles. The SMILES string of the molecule is CCC(C)C(OC)C(=O)CCC#N. The average molecular weight is 183 g/mol. The van der Waals surface area contributed by atoms with E-state index in [-0.39, 0.29) is 24.2 Å². The van der Waals surface area contributed by atoms with E-state index in [0.29, 0.717) is 6.42 Å². The van der Waals surface area contributed by atoms with Crippen LogP contribution in [0.2, 0.25) is 0 Å². The van der Waals surface area contributed by atoms with E-state index in [1.807, 2.05) is 19.9 Å². The van der Waals surface area contributed by atoms with Crippen molar-refractivity contribution in [3.8, 4) is 6.07 Å². The monoisotopic (exact) mass is 183 g/mol. The molecule has 0 saturated carbocycles. The molecule has 0 aromatic carbocycles. The lowest BCUT2D eigenvalue weighted by Gasteiger charge is -2.19. The average Bonchev–Trinajstić information content (AvgIpc) is 2.15. The Bertz CT molecular complexity index is 196. The first-order valence-electron chi connectivity index (χ1n) is 4.59. The number of Topliss-reactive ketones (excluding diaryl/α,β-unsaturated/α-hetero) is 1. The van der Waals surface area contributed by atoms with Crippen LogP contribution in [0.15, 0.2) is 0 Å². The zero-order chi connectivity index (χ0) is 10.3. The van der Waals surface area contributed by atoms with Crippen LogP contribution >= 0.6 is 0 Å². The first kappa shape index (κ1) is 12.1. The number of carbonyl (C=O) groups is 1. The zero-order valence-corrected chi connectivity index (χ0v) is 8.54. The summed E-state index contributed by atoms with van der Waals surface area (Å²) in [6.07, 6.45) is 1.17. The van der Waals surface area contributed by atoms with Crippen molar-refractivity contribution in [2.24, 2.45) is 5.92 Å². The number of ketones is 1. The fraction of sp³-hybridized carbons (Fsp3) is 0.800. The van der Waals surface area contributed by atoms with Gasteiger partial charge in [0.25, 0.3) is 0 Å². The largest absolute Gasteiger partial charge is 0.373 e. The van der Waals surface area contributed by atoms with E-state index in [9.17, 15) is 4.79 Å². The smallest absolute Gasteiger partial charge is 0.162 e. The topological polar surface area (TPSA) is 50.1 Å². The molecule has 74 valence electrons. The van der Waals surface area contributed by atoms with Crippen molar-refractivity contribution in [1.82, 2.24) is 0 Å². The van der Waals surface area contributed by atoms with Crippen molar-refractivity contribution in [3.05, 3.63) is 0 Å². The van der Waals surface area contributed by atoms with Gasteiger partial charge in [0.1, 0.15) is 6.10 Å². The summed E-state index contributed by atoms with van der Waals surface area (Å²) in [5.74, 6) is 0.273. The normalized spacial score (nSPS) is 14.6. The van der Waals surface area contributed by atoms with Gasteiger partial charge in [-0.05, 0) is 5.92 Å². The Morgan fingerprint density at radius 2 is 2.23 bits per heavy atom. The molecule has 0 bridgehead atoms. The van der Waals surface area contributed by atoms with Gasteiger partial charge in [-0.3, -0.25) is 4.79 Å². The molecular weight excluding hydrogens is 166 g/mol. The highest BCUT2D eigenvalue weighted by Crippen LogP contribution is 2.13. The molecule has 0 radical (unpaired) electrons. The maximum atomic E-state index is 11.5. The van der Waals surface area contributed by atoms with Gasteiger partial charge in [-0.25, -0.2) is 0 Å². The van der Waals surface area contributed by atoms with Crippen molar-refractivity contribution in [1.29, 1.82) is 5.26 Å². The van der Waals surface area contributed by atoms with E-state index >= 15 is 0 Å². The Hall–Kier alpha value is -0.880. The Balaban J connectivity index is 4.08. The number of hydrogen-bond acceptors (Lipinski definition) is 3. The van der Waals surface area contributed by atoms with Gasteiger partial charge in [-0.15, -0.1) is 0 Å². The fourth-order valence-electron chi connectivity index (χ4n) is 1.22. The van der Waals surface area contributed by atoms with Crippen LogP contribution in [0.3, 0.4) is 0 Å². The molecule has 2 atom stereocenters. The van der Waals surface area contributed by atoms with Crippen LogP contribution in [0.5, 0.6) is 0 Å². The summed E-state index contributed by atoms with van der Waals surface area (Å²) >= 11 is 0. The number of hydrogen-bond donors (Lipinski definition) is 0. The molecule has 0 spiro atoms. The highest BCUT2D eigenvalue weighted by atomic mass is 16.5. The predicted molar refractivity (Wildman–Crippen MR) is 50.1 cm³/mol. The Labute approximate surface area is 79.7 Å². The molecule has 0 aliphatic heterocycles. The lowest BCUT2D eigenvalue weighted by Crippen LogP contribution is -2.29. The van der Waals surface area contributed by atoms with Gasteiger partial charge in [0.2, 0.25) is 0 Å². The molecule has 0 fully saturated rings. The van der Waals surface area contributed by atoms with Crippen molar-refractivity contribution >= 4 is 5.78 Å². The van der Waals surface area contributed by atoms with Crippen molar-refractivity contribution in [2.75, 3.05) is 7.11 Å². The van der Waals surface area contributed by atoms with Crippen LogP contribution < -0.4 is 0 Å². The number of carbonyl (C=O) groups excluding carboxylic acids is 1. The van der Waals surface area contributed by atoms with Crippen LogP contribution in [-0.4, -0.2) is 19.0 Å². The molecule has 0 amide bonds. The summed E-state index contributed by atoms with van der Waals surface area (Å²) in [4.78, 5) is 11.5. The lowest BCUT2D eigenvalue weighted by molar-refractivity contribution is -0.131. The van der Waals surface area contributed by atoms with Gasteiger partial charge >= 0.3 is 0 Å². The first-order valence-corrected chi connectivity index (χ1v) is 4.59. The van der Waals surface area contributed by atoms with Crippen molar-refractivity contribution in [2.45, 2.75) is 39.2 Å². The number of methoxy groups -OCH3 is 1. The van der Waals surface area contributed by atoms with E-state index in [2.05, 4.69) is 0 Å². The number of rotatable bonds is 6. The van der Waals surface area contributed by atoms with Crippen molar-refractivity contribution < 1.29 is 9.53 Å². The summed E-state index contributed by atoms with van der Waals surface area (Å²) in [7, 11) is 1.54. The minimum Gasteiger partial charge on any atom is -0.373 e. The molecule has 0 rings (SSSR count). The molecule has 0 aliphatic rings. The summed E-state index contributed by atoms with van der Waals surface area (Å²) in [5.41, 5.74) is 0. The number of nitriles is 1. The molecule has 2 unspecified atom stereocenters. The minimum atomic E-state index is -0.335. The molecule has 3 nitrogen and oxygen atoms in total. The Morgan fingerprint density at radius 3 is 2.62 bits per heavy atom. The van der Waals surface area contributed by atoms with E-state index in [1.54, 1.807) is 7.11 Å². The summed E-state index contributed by atoms with van der Waals surface area (Å²) < 4.78 is 5.10. The maximum Gasteiger partial charge on any atom is 0.162 e. The summed E-state index contributed by atoms with van der Waals surface area (Å²) in [6.45, 7) is 4.01. The second kappa shape index (κ2) is 6.62. The van der Waals surface area contributed by atoms with E-state index in [4.69, 9.17) is 10.00 Å². The van der Waals surface area contributed by atoms with Gasteiger partial charge < -0.3 is 4.74 Å². The molecule has 3 heteroatoms. The third-order valence-corrected chi connectivity index (χ3v) is 2.22. The van der Waals surface area contributed by atoms with Crippen LogP contribution in [0.1, 0.15) is 33.1 Å². The van der Waals surface area contributed by atoms with Crippen LogP contribution in [0.4, 0.5) is 0 Å². The standard InChI is InChI=1S/C10H17NO2/c1-4-8(2)10(13-3)9(12)6-5-7-11/h8,10H,4-6H2,1-3H3. The summed E-state index contributed by atoms with van der Waals surface area (Å²) in [6, 6.07) is 1.96. The third kappa shape index (κ3) is 4.05. The summed E-state index contributed by atoms with van der Waals surface area (Å²) in [5, 5.41) is 8.32. The molecule has 0 heterocycles. The lowest BCUT2D eigenvalue weighted by atomic mass is 9.96. The van der Waals surface area contributed by atoms with Crippen LogP contribution in [0.25, 0.3) is 0 Å². The Morgan fingerprint density at radius 1 is 1.62 bits per heavy atom. The number of nitrogens with zero attached hydrogens (tertiary/aromatic N) is 1. The van der Waals surface area contributed by atoms with E-state index in [1.165, 1.54) is 0 Å². The molecular formula is C10H17NO2. The zero-order valence-electron chi connectivity index (χ0n) is 8.54. The van der Waals surface area contributed by atoms with Gasteiger partial charge in [-0.2, -0.15) is 5.26 Å². The van der Waals surface area contributed by atoms with Gasteiger partial charge in [-0.1, -0.05) is 20.3 Å². The fourth-order valence-corrected chi connectivity index (χ4v) is 1.22.